The Kier molecular flexibility index (Phi) is 8.47. The first kappa shape index (κ1) is 24.7. The normalized spacial score (nSPS) is 18.9. The van der Waals surface area contributed by atoms with Crippen LogP contribution in [0.3, 0.4) is 0 Å². The smallest absolute Gasteiger partial charge is 0.407 e. The molecule has 2 N–H and O–H groups in total. The van der Waals surface area contributed by atoms with E-state index in [4.69, 9.17) is 4.74 Å². The first-order chi connectivity index (χ1) is 14.6. The summed E-state index contributed by atoms with van der Waals surface area (Å²) in [5.74, 6) is 0.343. The van der Waals surface area contributed by atoms with E-state index in [2.05, 4.69) is 25.6 Å². The van der Waals surface area contributed by atoms with Crippen molar-refractivity contribution in [3.8, 4) is 0 Å². The van der Waals surface area contributed by atoms with Crippen molar-refractivity contribution in [2.45, 2.75) is 91.3 Å². The summed E-state index contributed by atoms with van der Waals surface area (Å²) in [7, 11) is 0. The highest BCUT2D eigenvalue weighted by Gasteiger charge is 2.29. The average molecular weight is 438 g/mol. The number of aryl methyl sites for hydroxylation is 1. The van der Waals surface area contributed by atoms with Gasteiger partial charge in [-0.05, 0) is 46.1 Å². The van der Waals surface area contributed by atoms with E-state index in [1.54, 1.807) is 6.92 Å². The number of carbonyl (C=O) groups excluding carboxylic acids is 1. The van der Waals surface area contributed by atoms with Crippen molar-refractivity contribution in [1.82, 2.24) is 20.3 Å². The number of fused-ring (bicyclic) bond motifs is 1. The summed E-state index contributed by atoms with van der Waals surface area (Å²) in [5, 5.41) is 6.44. The number of pyridine rings is 1. The molecule has 2 aromatic rings. The summed E-state index contributed by atoms with van der Waals surface area (Å²) >= 11 is 0. The van der Waals surface area contributed by atoms with Gasteiger partial charge in [0.1, 0.15) is 11.3 Å². The molecule has 1 saturated carbocycles. The van der Waals surface area contributed by atoms with E-state index in [-0.39, 0.29) is 23.2 Å². The molecule has 2 aromatic heterocycles. The van der Waals surface area contributed by atoms with Gasteiger partial charge in [0.15, 0.2) is 0 Å². The first-order valence-corrected chi connectivity index (χ1v) is 10.8. The number of carbonyl (C=O) groups is 1. The number of halogens is 2. The van der Waals surface area contributed by atoms with Gasteiger partial charge in [0.2, 0.25) is 5.95 Å². The summed E-state index contributed by atoms with van der Waals surface area (Å²) in [6.45, 7) is 11.2. The van der Waals surface area contributed by atoms with Gasteiger partial charge in [0.05, 0.1) is 11.6 Å². The number of rotatable bonds is 4. The molecule has 31 heavy (non-hydrogen) atoms. The van der Waals surface area contributed by atoms with Crippen LogP contribution in [-0.2, 0) is 4.74 Å². The van der Waals surface area contributed by atoms with Crippen LogP contribution in [0.4, 0.5) is 19.5 Å². The summed E-state index contributed by atoms with van der Waals surface area (Å²) in [6.07, 6.45) is 3.28. The minimum atomic E-state index is -2.69. The SMILES string of the molecule is CC.Cc1cnc(C(F)F)c2cnc(NC3CCCCC3NC(=O)OC(C)(C)C)nc12. The summed E-state index contributed by atoms with van der Waals surface area (Å²) in [4.78, 5) is 24.7. The van der Waals surface area contributed by atoms with E-state index in [1.165, 1.54) is 12.4 Å². The number of hydrogen-bond donors (Lipinski definition) is 2. The monoisotopic (exact) mass is 437 g/mol. The molecule has 3 rings (SSSR count). The van der Waals surface area contributed by atoms with Crippen molar-refractivity contribution in [2.24, 2.45) is 0 Å². The van der Waals surface area contributed by atoms with Crippen LogP contribution < -0.4 is 10.6 Å². The summed E-state index contributed by atoms with van der Waals surface area (Å²) < 4.78 is 31.8. The lowest BCUT2D eigenvalue weighted by Gasteiger charge is -2.33. The molecule has 172 valence electrons. The minimum absolute atomic E-state index is 0.0783. The van der Waals surface area contributed by atoms with Crippen LogP contribution in [0.25, 0.3) is 10.9 Å². The maximum absolute atomic E-state index is 13.2. The standard InChI is InChI=1S/C20H27F2N5O2.C2H6/c1-11-9-23-16(17(21)22)12-10-24-18(27-15(11)12)25-13-7-5-6-8-14(13)26-19(28)29-20(2,3)4;1-2/h9-10,13-14,17H,5-8H2,1-4H3,(H,26,28)(H,24,25,27);1-2H3. The fourth-order valence-corrected chi connectivity index (χ4v) is 3.51. The number of amides is 1. The van der Waals surface area contributed by atoms with Gasteiger partial charge in [0, 0.05) is 23.8 Å². The highest BCUT2D eigenvalue weighted by atomic mass is 19.3. The van der Waals surface area contributed by atoms with Gasteiger partial charge >= 0.3 is 6.09 Å². The third-order valence-electron chi connectivity index (χ3n) is 4.82. The molecule has 0 saturated heterocycles. The largest absolute Gasteiger partial charge is 0.444 e. The second-order valence-electron chi connectivity index (χ2n) is 8.37. The van der Waals surface area contributed by atoms with E-state index >= 15 is 0 Å². The van der Waals surface area contributed by atoms with Crippen LogP contribution in [0.1, 0.15) is 78.0 Å². The van der Waals surface area contributed by atoms with Crippen LogP contribution in [-0.4, -0.2) is 38.7 Å². The Balaban J connectivity index is 0.00000166. The van der Waals surface area contributed by atoms with Crippen LogP contribution >= 0.6 is 0 Å². The zero-order chi connectivity index (χ0) is 23.2. The van der Waals surface area contributed by atoms with Gasteiger partial charge in [-0.25, -0.2) is 23.5 Å². The topological polar surface area (TPSA) is 89.0 Å². The molecule has 0 aromatic carbocycles. The quantitative estimate of drug-likeness (QED) is 0.652. The molecule has 2 unspecified atom stereocenters. The third kappa shape index (κ3) is 6.70. The Morgan fingerprint density at radius 2 is 1.77 bits per heavy atom. The predicted octanol–water partition coefficient (Wildman–Crippen LogP) is 5.54. The molecule has 0 bridgehead atoms. The van der Waals surface area contributed by atoms with E-state index in [0.29, 0.717) is 17.0 Å². The number of anilines is 1. The predicted molar refractivity (Wildman–Crippen MR) is 117 cm³/mol. The van der Waals surface area contributed by atoms with Crippen LogP contribution in [0.5, 0.6) is 0 Å². The molecule has 2 atom stereocenters. The zero-order valence-electron chi connectivity index (χ0n) is 19.1. The number of aromatic nitrogens is 3. The van der Waals surface area contributed by atoms with Crippen molar-refractivity contribution in [1.29, 1.82) is 0 Å². The first-order valence-electron chi connectivity index (χ1n) is 10.8. The second kappa shape index (κ2) is 10.6. The van der Waals surface area contributed by atoms with Gasteiger partial charge in [-0.1, -0.05) is 26.7 Å². The molecule has 2 heterocycles. The molecule has 1 amide bonds. The Hall–Kier alpha value is -2.58. The molecule has 1 aliphatic carbocycles. The third-order valence-corrected chi connectivity index (χ3v) is 4.82. The summed E-state index contributed by atoms with van der Waals surface area (Å²) in [6, 6.07) is -0.210. The van der Waals surface area contributed by atoms with Crippen molar-refractivity contribution >= 4 is 22.9 Å². The number of alkyl carbamates (subject to hydrolysis) is 1. The van der Waals surface area contributed by atoms with E-state index in [0.717, 1.165) is 25.7 Å². The Labute approximate surface area is 182 Å². The zero-order valence-corrected chi connectivity index (χ0v) is 19.1. The lowest BCUT2D eigenvalue weighted by atomic mass is 9.90. The number of nitrogens with zero attached hydrogens (tertiary/aromatic N) is 3. The van der Waals surface area contributed by atoms with Crippen LogP contribution in [0.15, 0.2) is 12.4 Å². The number of nitrogens with one attached hydrogen (secondary N) is 2. The van der Waals surface area contributed by atoms with Crippen molar-refractivity contribution in [2.75, 3.05) is 5.32 Å². The lowest BCUT2D eigenvalue weighted by molar-refractivity contribution is 0.0488. The summed E-state index contributed by atoms with van der Waals surface area (Å²) in [5.41, 5.74) is 0.248. The molecule has 1 aliphatic rings. The minimum Gasteiger partial charge on any atom is -0.444 e. The number of hydrogen-bond acceptors (Lipinski definition) is 6. The fourth-order valence-electron chi connectivity index (χ4n) is 3.51. The molecule has 0 aliphatic heterocycles. The van der Waals surface area contributed by atoms with E-state index < -0.39 is 18.1 Å². The van der Waals surface area contributed by atoms with Gasteiger partial charge in [0.25, 0.3) is 6.43 Å². The Morgan fingerprint density at radius 1 is 1.13 bits per heavy atom. The lowest BCUT2D eigenvalue weighted by Crippen LogP contribution is -2.50. The van der Waals surface area contributed by atoms with Gasteiger partial charge in [-0.15, -0.1) is 0 Å². The highest BCUT2D eigenvalue weighted by molar-refractivity contribution is 5.83. The maximum atomic E-state index is 13.2. The molecular formula is C22H33F2N5O2. The van der Waals surface area contributed by atoms with Crippen LogP contribution in [0, 0.1) is 6.92 Å². The number of ether oxygens (including phenoxy) is 1. The number of alkyl halides is 2. The molecule has 0 radical (unpaired) electrons. The fraction of sp³-hybridized carbons (Fsp3) is 0.636. The van der Waals surface area contributed by atoms with Crippen LogP contribution in [0.2, 0.25) is 0 Å². The van der Waals surface area contributed by atoms with Crippen molar-refractivity contribution in [3.05, 3.63) is 23.7 Å². The Bertz CT molecular complexity index is 886. The molecule has 7 nitrogen and oxygen atoms in total. The Morgan fingerprint density at radius 3 is 2.39 bits per heavy atom. The second-order valence-corrected chi connectivity index (χ2v) is 8.37. The molecular weight excluding hydrogens is 404 g/mol. The molecule has 1 fully saturated rings. The van der Waals surface area contributed by atoms with E-state index in [1.807, 2.05) is 34.6 Å². The highest BCUT2D eigenvalue weighted by Crippen LogP contribution is 2.28. The average Bonchev–Trinajstić information content (AvgIpc) is 2.70. The molecule has 9 heteroatoms. The van der Waals surface area contributed by atoms with Gasteiger partial charge in [-0.2, -0.15) is 0 Å². The molecule has 0 spiro atoms. The van der Waals surface area contributed by atoms with E-state index in [9.17, 15) is 13.6 Å². The maximum Gasteiger partial charge on any atom is 0.407 e. The van der Waals surface area contributed by atoms with Gasteiger partial charge in [-0.3, -0.25) is 4.98 Å². The van der Waals surface area contributed by atoms with Gasteiger partial charge < -0.3 is 15.4 Å². The van der Waals surface area contributed by atoms with Crippen molar-refractivity contribution < 1.29 is 18.3 Å². The van der Waals surface area contributed by atoms with Crippen molar-refractivity contribution in [3.63, 3.8) is 0 Å².